The second-order valence-electron chi connectivity index (χ2n) is 9.17. The lowest BCUT2D eigenvalue weighted by molar-refractivity contribution is 0.0937. The molecule has 3 rings (SSSR count). The third kappa shape index (κ3) is 6.92. The summed E-state index contributed by atoms with van der Waals surface area (Å²) in [5, 5.41) is 3.65. The van der Waals surface area contributed by atoms with Crippen molar-refractivity contribution < 1.29 is 9.53 Å². The quantitative estimate of drug-likeness (QED) is 0.371. The maximum absolute atomic E-state index is 12.3. The topological polar surface area (TPSA) is 70.6 Å². The van der Waals surface area contributed by atoms with Gasteiger partial charge in [-0.15, -0.1) is 0 Å². The molecule has 1 aliphatic rings. The standard InChI is InChI=1S/C24H35N5O2S/c1-24(2,3)20-16-21(29-12-10-28(4)11-13-29)27-23(26-20)32-17-18-7-6-8-19(15-18)22(30)25-9-14-31-5/h6-8,15-16H,9-14,17H2,1-5H3,(H,25,30). The van der Waals surface area contributed by atoms with Gasteiger partial charge in [0.15, 0.2) is 5.16 Å². The van der Waals surface area contributed by atoms with E-state index in [-0.39, 0.29) is 11.3 Å². The van der Waals surface area contributed by atoms with Gasteiger partial charge in [-0.3, -0.25) is 4.79 Å². The van der Waals surface area contributed by atoms with E-state index in [9.17, 15) is 4.79 Å². The van der Waals surface area contributed by atoms with Gasteiger partial charge in [0, 0.05) is 62.6 Å². The van der Waals surface area contributed by atoms with E-state index < -0.39 is 0 Å². The molecule has 0 spiro atoms. The minimum Gasteiger partial charge on any atom is -0.383 e. The summed E-state index contributed by atoms with van der Waals surface area (Å²) >= 11 is 1.61. The molecule has 0 radical (unpaired) electrons. The maximum Gasteiger partial charge on any atom is 0.251 e. The highest BCUT2D eigenvalue weighted by Crippen LogP contribution is 2.29. The molecule has 1 amide bonds. The number of carbonyl (C=O) groups is 1. The van der Waals surface area contributed by atoms with Crippen LogP contribution in [0.3, 0.4) is 0 Å². The van der Waals surface area contributed by atoms with Crippen molar-refractivity contribution in [2.45, 2.75) is 37.1 Å². The van der Waals surface area contributed by atoms with Crippen molar-refractivity contribution >= 4 is 23.5 Å². The molecule has 0 unspecified atom stereocenters. The van der Waals surface area contributed by atoms with Crippen molar-refractivity contribution in [3.63, 3.8) is 0 Å². The van der Waals surface area contributed by atoms with Crippen LogP contribution in [0.5, 0.6) is 0 Å². The number of nitrogens with one attached hydrogen (secondary N) is 1. The fourth-order valence-electron chi connectivity index (χ4n) is 3.38. The first-order chi connectivity index (χ1) is 15.3. The normalized spacial score (nSPS) is 15.1. The Morgan fingerprint density at radius 3 is 2.59 bits per heavy atom. The predicted octanol–water partition coefficient (Wildman–Crippen LogP) is 3.19. The van der Waals surface area contributed by atoms with Crippen LogP contribution < -0.4 is 10.2 Å². The number of benzene rings is 1. The number of piperazine rings is 1. The Labute approximate surface area is 195 Å². The Morgan fingerprint density at radius 2 is 1.91 bits per heavy atom. The van der Waals surface area contributed by atoms with Crippen molar-refractivity contribution in [2.75, 3.05) is 58.4 Å². The third-order valence-electron chi connectivity index (χ3n) is 5.44. The van der Waals surface area contributed by atoms with Gasteiger partial charge in [-0.2, -0.15) is 0 Å². The van der Waals surface area contributed by atoms with Crippen molar-refractivity contribution in [3.05, 3.63) is 47.2 Å². The molecule has 0 atom stereocenters. The summed E-state index contributed by atoms with van der Waals surface area (Å²) in [6.45, 7) is 11.6. The molecule has 1 aromatic carbocycles. The largest absolute Gasteiger partial charge is 0.383 e. The molecule has 1 aliphatic heterocycles. The van der Waals surface area contributed by atoms with E-state index in [4.69, 9.17) is 14.7 Å². The van der Waals surface area contributed by atoms with Crippen molar-refractivity contribution in [1.82, 2.24) is 20.2 Å². The molecule has 2 heterocycles. The first-order valence-corrected chi connectivity index (χ1v) is 12.1. The minimum absolute atomic E-state index is 0.0558. The van der Waals surface area contributed by atoms with Gasteiger partial charge in [-0.1, -0.05) is 44.7 Å². The van der Waals surface area contributed by atoms with Crippen LogP contribution in [0, 0.1) is 0 Å². The molecule has 1 N–H and O–H groups in total. The van der Waals surface area contributed by atoms with Gasteiger partial charge in [0.05, 0.1) is 12.3 Å². The van der Waals surface area contributed by atoms with Crippen molar-refractivity contribution in [1.29, 1.82) is 0 Å². The van der Waals surface area contributed by atoms with E-state index in [1.54, 1.807) is 18.9 Å². The van der Waals surface area contributed by atoms with Crippen LogP contribution >= 0.6 is 11.8 Å². The number of nitrogens with zero attached hydrogens (tertiary/aromatic N) is 4. The van der Waals surface area contributed by atoms with Crippen LogP contribution in [-0.4, -0.2) is 74.3 Å². The van der Waals surface area contributed by atoms with Gasteiger partial charge in [-0.25, -0.2) is 9.97 Å². The molecular formula is C24H35N5O2S. The molecule has 7 nitrogen and oxygen atoms in total. The van der Waals surface area contributed by atoms with Gasteiger partial charge in [-0.05, 0) is 24.7 Å². The van der Waals surface area contributed by atoms with Gasteiger partial charge in [0.2, 0.25) is 0 Å². The number of amides is 1. The van der Waals surface area contributed by atoms with Gasteiger partial charge in [0.25, 0.3) is 5.91 Å². The highest BCUT2D eigenvalue weighted by atomic mass is 32.2. The van der Waals surface area contributed by atoms with Crippen LogP contribution in [-0.2, 0) is 15.9 Å². The first kappa shape index (κ1) is 24.5. The van der Waals surface area contributed by atoms with E-state index in [1.165, 1.54) is 0 Å². The molecule has 1 fully saturated rings. The van der Waals surface area contributed by atoms with Crippen molar-refractivity contribution in [3.8, 4) is 0 Å². The number of hydrogen-bond acceptors (Lipinski definition) is 7. The van der Waals surface area contributed by atoms with Crippen LogP contribution in [0.4, 0.5) is 5.82 Å². The smallest absolute Gasteiger partial charge is 0.251 e. The summed E-state index contributed by atoms with van der Waals surface area (Å²) in [4.78, 5) is 26.8. The number of aromatic nitrogens is 2. The predicted molar refractivity (Wildman–Crippen MR) is 131 cm³/mol. The SMILES string of the molecule is COCCNC(=O)c1cccc(CSc2nc(N3CCN(C)CC3)cc(C(C)(C)C)n2)c1. The Balaban J connectivity index is 1.73. The summed E-state index contributed by atoms with van der Waals surface area (Å²) in [5.74, 6) is 1.62. The Kier molecular flexibility index (Phi) is 8.51. The van der Waals surface area contributed by atoms with E-state index >= 15 is 0 Å². The highest BCUT2D eigenvalue weighted by molar-refractivity contribution is 7.98. The van der Waals surface area contributed by atoms with E-state index in [0.29, 0.717) is 24.5 Å². The molecule has 1 saturated heterocycles. The number of hydrogen-bond donors (Lipinski definition) is 1. The van der Waals surface area contributed by atoms with Crippen LogP contribution in [0.25, 0.3) is 0 Å². The van der Waals surface area contributed by atoms with E-state index in [2.05, 4.69) is 49.0 Å². The fourth-order valence-corrected chi connectivity index (χ4v) is 4.17. The molecule has 1 aromatic heterocycles. The van der Waals surface area contributed by atoms with E-state index in [1.807, 2.05) is 24.3 Å². The number of rotatable bonds is 8. The van der Waals surface area contributed by atoms with E-state index in [0.717, 1.165) is 48.4 Å². The number of anilines is 1. The second kappa shape index (κ2) is 11.1. The van der Waals surface area contributed by atoms with Gasteiger partial charge in [0.1, 0.15) is 5.82 Å². The highest BCUT2D eigenvalue weighted by Gasteiger charge is 2.22. The lowest BCUT2D eigenvalue weighted by Gasteiger charge is -2.34. The average molecular weight is 458 g/mol. The molecular weight excluding hydrogens is 422 g/mol. The molecule has 174 valence electrons. The molecule has 32 heavy (non-hydrogen) atoms. The van der Waals surface area contributed by atoms with Crippen LogP contribution in [0.2, 0.25) is 0 Å². The number of thioether (sulfide) groups is 1. The number of methoxy groups -OCH3 is 1. The second-order valence-corrected chi connectivity index (χ2v) is 10.1. The van der Waals surface area contributed by atoms with Crippen LogP contribution in [0.15, 0.2) is 35.5 Å². The summed E-state index contributed by atoms with van der Waals surface area (Å²) in [7, 11) is 3.78. The van der Waals surface area contributed by atoms with Crippen molar-refractivity contribution in [2.24, 2.45) is 0 Å². The third-order valence-corrected chi connectivity index (χ3v) is 6.36. The molecule has 0 bridgehead atoms. The Hall–Kier alpha value is -2.16. The zero-order valence-corrected chi connectivity index (χ0v) is 20.7. The number of carbonyl (C=O) groups excluding carboxylic acids is 1. The van der Waals surface area contributed by atoms with Gasteiger partial charge < -0.3 is 19.9 Å². The maximum atomic E-state index is 12.3. The Morgan fingerprint density at radius 1 is 1.16 bits per heavy atom. The molecule has 0 aliphatic carbocycles. The first-order valence-electron chi connectivity index (χ1n) is 11.1. The summed E-state index contributed by atoms with van der Waals surface area (Å²) in [6.07, 6.45) is 0. The molecule has 8 heteroatoms. The zero-order chi connectivity index (χ0) is 23.1. The number of ether oxygens (including phenoxy) is 1. The minimum atomic E-state index is -0.0859. The van der Waals surface area contributed by atoms with Crippen LogP contribution in [0.1, 0.15) is 42.4 Å². The molecule has 2 aromatic rings. The lowest BCUT2D eigenvalue weighted by Crippen LogP contribution is -2.45. The fraction of sp³-hybridized carbons (Fsp3) is 0.542. The summed E-state index contributed by atoms with van der Waals surface area (Å²) in [5.41, 5.74) is 2.72. The number of likely N-dealkylation sites (N-methyl/N-ethyl adjacent to an activating group) is 1. The van der Waals surface area contributed by atoms with Gasteiger partial charge >= 0.3 is 0 Å². The Bertz CT molecular complexity index is 908. The average Bonchev–Trinajstić information content (AvgIpc) is 2.77. The zero-order valence-electron chi connectivity index (χ0n) is 19.9. The monoisotopic (exact) mass is 457 g/mol. The summed E-state index contributed by atoms with van der Waals surface area (Å²) < 4.78 is 4.99. The summed E-state index contributed by atoms with van der Waals surface area (Å²) in [6, 6.07) is 9.86. The lowest BCUT2D eigenvalue weighted by atomic mass is 9.92. The molecule has 0 saturated carbocycles.